The molecule has 0 aromatic heterocycles. The van der Waals surface area contributed by atoms with E-state index in [0.717, 1.165) is 36.8 Å². The van der Waals surface area contributed by atoms with Gasteiger partial charge in [-0.05, 0) is 50.5 Å². The number of ether oxygens (including phenoxy) is 1. The van der Waals surface area contributed by atoms with Crippen molar-refractivity contribution >= 4 is 17.3 Å². The maximum atomic E-state index is 13.0. The number of amides is 1. The van der Waals surface area contributed by atoms with Gasteiger partial charge in [0.1, 0.15) is 5.75 Å². The minimum Gasteiger partial charge on any atom is -0.497 e. The third kappa shape index (κ3) is 3.77. The molecule has 0 N–H and O–H groups in total. The van der Waals surface area contributed by atoms with E-state index in [0.29, 0.717) is 12.1 Å². The SMILES string of the molecule is COc1ccc(C(=O)N2CCN(CCN(C)C)c3ccccc32)cc1. The molecule has 0 spiro atoms. The third-order valence-electron chi connectivity index (χ3n) is 4.51. The van der Waals surface area contributed by atoms with Crippen LogP contribution in [0.3, 0.4) is 0 Å². The van der Waals surface area contributed by atoms with Crippen molar-refractivity contribution in [2.24, 2.45) is 0 Å². The second-order valence-corrected chi connectivity index (χ2v) is 6.46. The van der Waals surface area contributed by atoms with Crippen molar-refractivity contribution in [2.45, 2.75) is 0 Å². The van der Waals surface area contributed by atoms with Gasteiger partial charge in [-0.3, -0.25) is 4.79 Å². The topological polar surface area (TPSA) is 36.0 Å². The first kappa shape index (κ1) is 17.3. The molecule has 0 saturated carbocycles. The maximum absolute atomic E-state index is 13.0. The van der Waals surface area contributed by atoms with E-state index in [-0.39, 0.29) is 5.91 Å². The van der Waals surface area contributed by atoms with Crippen LogP contribution in [0.25, 0.3) is 0 Å². The first-order chi connectivity index (χ1) is 12.1. The summed E-state index contributed by atoms with van der Waals surface area (Å²) in [5, 5.41) is 0. The highest BCUT2D eigenvalue weighted by atomic mass is 16.5. The molecular weight excluding hydrogens is 314 g/mol. The molecule has 25 heavy (non-hydrogen) atoms. The Bertz CT molecular complexity index is 728. The highest BCUT2D eigenvalue weighted by molar-refractivity contribution is 6.08. The molecule has 0 saturated heterocycles. The molecule has 5 heteroatoms. The first-order valence-electron chi connectivity index (χ1n) is 8.55. The van der Waals surface area contributed by atoms with Crippen molar-refractivity contribution in [1.82, 2.24) is 4.90 Å². The molecule has 132 valence electrons. The zero-order chi connectivity index (χ0) is 17.8. The van der Waals surface area contributed by atoms with Gasteiger partial charge in [-0.2, -0.15) is 0 Å². The fraction of sp³-hybridized carbons (Fsp3) is 0.350. The minimum atomic E-state index is 0.0300. The molecule has 1 aliphatic rings. The maximum Gasteiger partial charge on any atom is 0.258 e. The number of carbonyl (C=O) groups is 1. The number of benzene rings is 2. The number of methoxy groups -OCH3 is 1. The van der Waals surface area contributed by atoms with Crippen molar-refractivity contribution in [3.05, 3.63) is 54.1 Å². The van der Waals surface area contributed by atoms with E-state index in [1.54, 1.807) is 7.11 Å². The van der Waals surface area contributed by atoms with E-state index >= 15 is 0 Å². The monoisotopic (exact) mass is 339 g/mol. The second-order valence-electron chi connectivity index (χ2n) is 6.46. The Morgan fingerprint density at radius 1 is 1.04 bits per heavy atom. The van der Waals surface area contributed by atoms with Crippen molar-refractivity contribution < 1.29 is 9.53 Å². The quantitative estimate of drug-likeness (QED) is 0.839. The molecule has 5 nitrogen and oxygen atoms in total. The van der Waals surface area contributed by atoms with Crippen molar-refractivity contribution in [3.8, 4) is 5.75 Å². The summed E-state index contributed by atoms with van der Waals surface area (Å²) in [5.74, 6) is 0.785. The van der Waals surface area contributed by atoms with Gasteiger partial charge in [0.2, 0.25) is 0 Å². The predicted molar refractivity (Wildman–Crippen MR) is 102 cm³/mol. The molecule has 0 bridgehead atoms. The van der Waals surface area contributed by atoms with Gasteiger partial charge in [0.25, 0.3) is 5.91 Å². The van der Waals surface area contributed by atoms with Crippen LogP contribution >= 0.6 is 0 Å². The van der Waals surface area contributed by atoms with E-state index in [9.17, 15) is 4.79 Å². The number of anilines is 2. The normalized spacial score (nSPS) is 13.8. The van der Waals surface area contributed by atoms with Crippen LogP contribution in [-0.2, 0) is 0 Å². The summed E-state index contributed by atoms with van der Waals surface area (Å²) in [5.41, 5.74) is 2.78. The molecule has 0 unspecified atom stereocenters. The van der Waals surface area contributed by atoms with Crippen LogP contribution in [0.4, 0.5) is 11.4 Å². The molecule has 1 heterocycles. The molecule has 2 aromatic carbocycles. The number of carbonyl (C=O) groups excluding carboxylic acids is 1. The Morgan fingerprint density at radius 2 is 1.72 bits per heavy atom. The zero-order valence-corrected chi connectivity index (χ0v) is 15.1. The van der Waals surface area contributed by atoms with Crippen molar-refractivity contribution in [2.75, 3.05) is 57.2 Å². The summed E-state index contributed by atoms with van der Waals surface area (Å²) in [4.78, 5) is 19.4. The van der Waals surface area contributed by atoms with Crippen molar-refractivity contribution in [1.29, 1.82) is 0 Å². The molecule has 0 aliphatic carbocycles. The number of rotatable bonds is 5. The van der Waals surface area contributed by atoms with Crippen LogP contribution in [0.2, 0.25) is 0 Å². The van der Waals surface area contributed by atoms with E-state index < -0.39 is 0 Å². The van der Waals surface area contributed by atoms with Gasteiger partial charge in [-0.1, -0.05) is 12.1 Å². The summed E-state index contributed by atoms with van der Waals surface area (Å²) in [7, 11) is 5.78. The highest BCUT2D eigenvalue weighted by Gasteiger charge is 2.27. The third-order valence-corrected chi connectivity index (χ3v) is 4.51. The molecule has 0 radical (unpaired) electrons. The summed E-state index contributed by atoms with van der Waals surface area (Å²) < 4.78 is 5.18. The lowest BCUT2D eigenvalue weighted by Crippen LogP contribution is -2.45. The number of likely N-dealkylation sites (N-methyl/N-ethyl adjacent to an activating group) is 1. The van der Waals surface area contributed by atoms with Crippen LogP contribution in [0.15, 0.2) is 48.5 Å². The zero-order valence-electron chi connectivity index (χ0n) is 15.1. The number of hydrogen-bond acceptors (Lipinski definition) is 4. The Kier molecular flexibility index (Phi) is 5.24. The minimum absolute atomic E-state index is 0.0300. The van der Waals surface area contributed by atoms with Crippen LogP contribution in [0.5, 0.6) is 5.75 Å². The van der Waals surface area contributed by atoms with E-state index in [2.05, 4.69) is 30.0 Å². The molecule has 2 aromatic rings. The molecule has 3 rings (SSSR count). The lowest BCUT2D eigenvalue weighted by Gasteiger charge is -2.38. The molecule has 1 aliphatic heterocycles. The van der Waals surface area contributed by atoms with E-state index in [4.69, 9.17) is 4.74 Å². The van der Waals surface area contributed by atoms with Gasteiger partial charge in [0.05, 0.1) is 18.5 Å². The fourth-order valence-corrected chi connectivity index (χ4v) is 3.07. The molecular formula is C20H25N3O2. The Balaban J connectivity index is 1.84. The average molecular weight is 339 g/mol. The van der Waals surface area contributed by atoms with Crippen molar-refractivity contribution in [3.63, 3.8) is 0 Å². The Labute approximate surface area is 149 Å². The van der Waals surface area contributed by atoms with Gasteiger partial charge in [0.15, 0.2) is 0 Å². The number of fused-ring (bicyclic) bond motifs is 1. The van der Waals surface area contributed by atoms with Gasteiger partial charge in [0, 0.05) is 31.7 Å². The molecule has 1 amide bonds. The van der Waals surface area contributed by atoms with E-state index in [1.807, 2.05) is 47.4 Å². The predicted octanol–water partition coefficient (Wildman–Crippen LogP) is 2.72. The summed E-state index contributed by atoms with van der Waals surface area (Å²) in [6.45, 7) is 3.47. The highest BCUT2D eigenvalue weighted by Crippen LogP contribution is 2.33. The Hall–Kier alpha value is -2.53. The number of para-hydroxylation sites is 2. The van der Waals surface area contributed by atoms with Gasteiger partial charge >= 0.3 is 0 Å². The van der Waals surface area contributed by atoms with Gasteiger partial charge in [-0.15, -0.1) is 0 Å². The van der Waals surface area contributed by atoms with Crippen LogP contribution in [-0.4, -0.2) is 58.2 Å². The Morgan fingerprint density at radius 3 is 2.36 bits per heavy atom. The smallest absolute Gasteiger partial charge is 0.258 e. The number of nitrogens with zero attached hydrogens (tertiary/aromatic N) is 3. The molecule has 0 fully saturated rings. The second kappa shape index (κ2) is 7.57. The molecule has 0 atom stereocenters. The average Bonchev–Trinajstić information content (AvgIpc) is 2.65. The summed E-state index contributed by atoms with van der Waals surface area (Å²) in [6.07, 6.45) is 0. The van der Waals surface area contributed by atoms with E-state index in [1.165, 1.54) is 0 Å². The van der Waals surface area contributed by atoms with Gasteiger partial charge in [-0.25, -0.2) is 0 Å². The van der Waals surface area contributed by atoms with Crippen LogP contribution in [0.1, 0.15) is 10.4 Å². The first-order valence-corrected chi connectivity index (χ1v) is 8.55. The largest absolute Gasteiger partial charge is 0.497 e. The van der Waals surface area contributed by atoms with Gasteiger partial charge < -0.3 is 19.4 Å². The van der Waals surface area contributed by atoms with Crippen LogP contribution in [0, 0.1) is 0 Å². The standard InChI is InChI=1S/C20H25N3O2/c1-21(2)12-13-22-14-15-23(19-7-5-4-6-18(19)22)20(24)16-8-10-17(25-3)11-9-16/h4-11H,12-15H2,1-3H3. The number of hydrogen-bond donors (Lipinski definition) is 0. The summed E-state index contributed by atoms with van der Waals surface area (Å²) in [6, 6.07) is 15.4. The fourth-order valence-electron chi connectivity index (χ4n) is 3.07. The lowest BCUT2D eigenvalue weighted by molar-refractivity contribution is 0.0986. The van der Waals surface area contributed by atoms with Crippen LogP contribution < -0.4 is 14.5 Å². The summed E-state index contributed by atoms with van der Waals surface area (Å²) >= 11 is 0. The lowest BCUT2D eigenvalue weighted by atomic mass is 10.1.